The zero-order valence-electron chi connectivity index (χ0n) is 12.4. The maximum Gasteiger partial charge on any atom is 0.161 e. The van der Waals surface area contributed by atoms with Crippen molar-refractivity contribution < 1.29 is 9.47 Å². The summed E-state index contributed by atoms with van der Waals surface area (Å²) in [5.41, 5.74) is 2.79. The molecule has 1 aliphatic rings. The van der Waals surface area contributed by atoms with Crippen molar-refractivity contribution in [2.75, 3.05) is 21.3 Å². The smallest absolute Gasteiger partial charge is 0.161 e. The topological polar surface area (TPSA) is 21.7 Å². The second kappa shape index (κ2) is 6.49. The first kappa shape index (κ1) is 16.1. The number of ether oxygens (including phenoxy) is 2. The van der Waals surface area contributed by atoms with Gasteiger partial charge in [-0.05, 0) is 57.0 Å². The van der Waals surface area contributed by atoms with Gasteiger partial charge in [-0.15, -0.1) is 12.4 Å². The number of fused-ring (bicyclic) bond motifs is 1. The van der Waals surface area contributed by atoms with Gasteiger partial charge in [0.15, 0.2) is 11.5 Å². The maximum absolute atomic E-state index is 5.37. The van der Waals surface area contributed by atoms with Crippen molar-refractivity contribution in [3.05, 3.63) is 23.3 Å². The van der Waals surface area contributed by atoms with E-state index in [1.807, 2.05) is 0 Å². The van der Waals surface area contributed by atoms with Crippen LogP contribution in [0, 0.1) is 0 Å². The summed E-state index contributed by atoms with van der Waals surface area (Å²) in [5, 5.41) is 0. The Labute approximate surface area is 122 Å². The van der Waals surface area contributed by atoms with Crippen LogP contribution in [-0.4, -0.2) is 38.3 Å². The summed E-state index contributed by atoms with van der Waals surface area (Å²) in [5.74, 6) is 1.67. The molecule has 1 aromatic carbocycles. The van der Waals surface area contributed by atoms with Gasteiger partial charge in [0.2, 0.25) is 0 Å². The van der Waals surface area contributed by atoms with Crippen molar-refractivity contribution in [3.8, 4) is 11.5 Å². The Bertz CT molecular complexity index is 401. The monoisotopic (exact) mass is 285 g/mol. The number of benzene rings is 1. The molecule has 0 aliphatic heterocycles. The van der Waals surface area contributed by atoms with Gasteiger partial charge < -0.3 is 14.4 Å². The van der Waals surface area contributed by atoms with E-state index in [-0.39, 0.29) is 12.4 Å². The lowest BCUT2D eigenvalue weighted by Gasteiger charge is -2.27. The number of hydrogen-bond donors (Lipinski definition) is 0. The van der Waals surface area contributed by atoms with Gasteiger partial charge in [-0.2, -0.15) is 0 Å². The molecule has 1 aromatic rings. The van der Waals surface area contributed by atoms with E-state index >= 15 is 0 Å². The molecule has 0 spiro atoms. The Kier molecular flexibility index (Phi) is 5.50. The normalized spacial score (nSPS) is 14.5. The van der Waals surface area contributed by atoms with Crippen molar-refractivity contribution in [1.82, 2.24) is 4.90 Å². The SMILES string of the molecule is COc1cc2c(cc1OC)CC(N(C)C(C)C)C2.Cl. The third-order valence-electron chi connectivity index (χ3n) is 4.01. The van der Waals surface area contributed by atoms with Gasteiger partial charge in [-0.25, -0.2) is 0 Å². The van der Waals surface area contributed by atoms with Crippen LogP contribution in [-0.2, 0) is 12.8 Å². The van der Waals surface area contributed by atoms with Crippen LogP contribution in [0.25, 0.3) is 0 Å². The van der Waals surface area contributed by atoms with Crippen LogP contribution in [0.5, 0.6) is 11.5 Å². The number of methoxy groups -OCH3 is 2. The zero-order chi connectivity index (χ0) is 13.3. The summed E-state index contributed by atoms with van der Waals surface area (Å²) in [4.78, 5) is 2.44. The summed E-state index contributed by atoms with van der Waals surface area (Å²) >= 11 is 0. The standard InChI is InChI=1S/C15H23NO2.ClH/c1-10(2)16(3)13-6-11-8-14(17-4)15(18-5)9-12(11)7-13;/h8-10,13H,6-7H2,1-5H3;1H. The number of nitrogens with zero attached hydrogens (tertiary/aromatic N) is 1. The average molecular weight is 286 g/mol. The molecule has 1 aliphatic carbocycles. The molecule has 0 bridgehead atoms. The molecular formula is C15H24ClNO2. The van der Waals surface area contributed by atoms with Crippen LogP contribution < -0.4 is 9.47 Å². The summed E-state index contributed by atoms with van der Waals surface area (Å²) in [6.45, 7) is 4.48. The van der Waals surface area contributed by atoms with Crippen LogP contribution in [0.2, 0.25) is 0 Å². The summed E-state index contributed by atoms with van der Waals surface area (Å²) < 4.78 is 10.7. The highest BCUT2D eigenvalue weighted by Gasteiger charge is 2.27. The van der Waals surface area contributed by atoms with E-state index in [1.165, 1.54) is 11.1 Å². The van der Waals surface area contributed by atoms with E-state index in [0.29, 0.717) is 12.1 Å². The fourth-order valence-corrected chi connectivity index (χ4v) is 2.63. The molecule has 0 radical (unpaired) electrons. The Morgan fingerprint density at radius 2 is 1.47 bits per heavy atom. The fourth-order valence-electron chi connectivity index (χ4n) is 2.63. The molecule has 108 valence electrons. The minimum atomic E-state index is 0. The molecule has 0 heterocycles. The maximum atomic E-state index is 5.37. The van der Waals surface area contributed by atoms with E-state index in [1.54, 1.807) is 14.2 Å². The molecule has 0 unspecified atom stereocenters. The lowest BCUT2D eigenvalue weighted by molar-refractivity contribution is 0.201. The van der Waals surface area contributed by atoms with Crippen LogP contribution in [0.1, 0.15) is 25.0 Å². The minimum Gasteiger partial charge on any atom is -0.493 e. The number of rotatable bonds is 4. The van der Waals surface area contributed by atoms with Crippen LogP contribution in [0.4, 0.5) is 0 Å². The van der Waals surface area contributed by atoms with Gasteiger partial charge in [0.25, 0.3) is 0 Å². The van der Waals surface area contributed by atoms with Gasteiger partial charge >= 0.3 is 0 Å². The molecule has 3 nitrogen and oxygen atoms in total. The molecule has 0 aromatic heterocycles. The highest BCUT2D eigenvalue weighted by molar-refractivity contribution is 5.85. The van der Waals surface area contributed by atoms with Gasteiger partial charge in [0.05, 0.1) is 14.2 Å². The second-order valence-corrected chi connectivity index (χ2v) is 5.30. The number of hydrogen-bond acceptors (Lipinski definition) is 3. The molecule has 0 fully saturated rings. The Morgan fingerprint density at radius 1 is 1.05 bits per heavy atom. The van der Waals surface area contributed by atoms with Crippen molar-refractivity contribution in [1.29, 1.82) is 0 Å². The van der Waals surface area contributed by atoms with Crippen LogP contribution in [0.15, 0.2) is 12.1 Å². The summed E-state index contributed by atoms with van der Waals surface area (Å²) in [6.07, 6.45) is 2.20. The molecule has 0 atom stereocenters. The molecule has 0 saturated heterocycles. The van der Waals surface area contributed by atoms with E-state index in [2.05, 4.69) is 37.9 Å². The van der Waals surface area contributed by atoms with Crippen LogP contribution in [0.3, 0.4) is 0 Å². The highest BCUT2D eigenvalue weighted by atomic mass is 35.5. The first-order valence-corrected chi connectivity index (χ1v) is 6.52. The molecule has 4 heteroatoms. The predicted molar refractivity (Wildman–Crippen MR) is 80.9 cm³/mol. The first-order valence-electron chi connectivity index (χ1n) is 6.52. The Morgan fingerprint density at radius 3 is 1.79 bits per heavy atom. The van der Waals surface area contributed by atoms with E-state index < -0.39 is 0 Å². The van der Waals surface area contributed by atoms with Crippen molar-refractivity contribution in [3.63, 3.8) is 0 Å². The van der Waals surface area contributed by atoms with Gasteiger partial charge in [-0.1, -0.05) is 0 Å². The van der Waals surface area contributed by atoms with Crippen LogP contribution >= 0.6 is 12.4 Å². The predicted octanol–water partition coefficient (Wildman–Crippen LogP) is 2.93. The van der Waals surface area contributed by atoms with Crippen molar-refractivity contribution >= 4 is 12.4 Å². The second-order valence-electron chi connectivity index (χ2n) is 5.30. The molecule has 0 N–H and O–H groups in total. The Hall–Kier alpha value is -0.930. The number of halogens is 1. The molecule has 0 saturated carbocycles. The summed E-state index contributed by atoms with van der Waals surface area (Å²) in [7, 11) is 5.59. The van der Waals surface area contributed by atoms with Crippen molar-refractivity contribution in [2.45, 2.75) is 38.8 Å². The summed E-state index contributed by atoms with van der Waals surface area (Å²) in [6, 6.07) is 5.43. The average Bonchev–Trinajstić information content (AvgIpc) is 2.78. The van der Waals surface area contributed by atoms with Gasteiger partial charge in [0, 0.05) is 12.1 Å². The highest BCUT2D eigenvalue weighted by Crippen LogP contribution is 2.36. The third-order valence-corrected chi connectivity index (χ3v) is 4.01. The Balaban J connectivity index is 0.00000180. The van der Waals surface area contributed by atoms with Gasteiger partial charge in [-0.3, -0.25) is 0 Å². The molecule has 2 rings (SSSR count). The fraction of sp³-hybridized carbons (Fsp3) is 0.600. The third kappa shape index (κ3) is 3.15. The molecule has 19 heavy (non-hydrogen) atoms. The van der Waals surface area contributed by atoms with E-state index in [9.17, 15) is 0 Å². The lowest BCUT2D eigenvalue weighted by Crippen LogP contribution is -2.37. The van der Waals surface area contributed by atoms with E-state index in [4.69, 9.17) is 9.47 Å². The largest absolute Gasteiger partial charge is 0.493 e. The quantitative estimate of drug-likeness (QED) is 0.849. The van der Waals surface area contributed by atoms with Crippen molar-refractivity contribution in [2.24, 2.45) is 0 Å². The molecular weight excluding hydrogens is 262 g/mol. The first-order chi connectivity index (χ1) is 8.56. The van der Waals surface area contributed by atoms with E-state index in [0.717, 1.165) is 24.3 Å². The van der Waals surface area contributed by atoms with Gasteiger partial charge in [0.1, 0.15) is 0 Å². The number of likely N-dealkylation sites (N-methyl/N-ethyl adjacent to an activating group) is 1. The lowest BCUT2D eigenvalue weighted by atomic mass is 10.1. The molecule has 0 amide bonds. The minimum absolute atomic E-state index is 0. The zero-order valence-corrected chi connectivity index (χ0v) is 13.2.